The third-order valence-corrected chi connectivity index (χ3v) is 6.91. The number of nitrogens with zero attached hydrogens (tertiary/aromatic N) is 2. The van der Waals surface area contributed by atoms with E-state index >= 15 is 0 Å². The molecule has 3 aromatic rings. The molecule has 0 aliphatic carbocycles. The van der Waals surface area contributed by atoms with E-state index in [4.69, 9.17) is 4.42 Å². The summed E-state index contributed by atoms with van der Waals surface area (Å²) in [4.78, 5) is 13.5. The highest BCUT2D eigenvalue weighted by molar-refractivity contribution is 7.99. The number of amides is 1. The largest absolute Gasteiger partial charge is 0.407 e. The molecule has 1 aromatic heterocycles. The van der Waals surface area contributed by atoms with E-state index in [9.17, 15) is 13.2 Å². The van der Waals surface area contributed by atoms with Crippen LogP contribution < -0.4 is 5.32 Å². The van der Waals surface area contributed by atoms with Crippen LogP contribution in [0, 0.1) is 6.92 Å². The lowest BCUT2D eigenvalue weighted by atomic mass is 10.1. The lowest BCUT2D eigenvalue weighted by Crippen LogP contribution is -2.17. The van der Waals surface area contributed by atoms with E-state index in [1.807, 2.05) is 31.2 Å². The molecule has 7 nitrogen and oxygen atoms in total. The first kappa shape index (κ1) is 22.0. The average Bonchev–Trinajstić information content (AvgIpc) is 3.15. The maximum Gasteiger partial charge on any atom is 0.322 e. The summed E-state index contributed by atoms with van der Waals surface area (Å²) < 4.78 is 30.1. The first-order valence-electron chi connectivity index (χ1n) is 9.49. The Kier molecular flexibility index (Phi) is 7.28. The maximum atomic E-state index is 12.3. The predicted molar refractivity (Wildman–Crippen MR) is 116 cm³/mol. The maximum absolute atomic E-state index is 12.3. The molecule has 1 heterocycles. The fraction of sp³-hybridized carbons (Fsp3) is 0.286. The van der Waals surface area contributed by atoms with Crippen molar-refractivity contribution in [3.63, 3.8) is 0 Å². The molecule has 1 amide bonds. The van der Waals surface area contributed by atoms with E-state index < -0.39 is 15.7 Å². The van der Waals surface area contributed by atoms with Gasteiger partial charge in [-0.05, 0) is 42.5 Å². The number of hydrogen-bond acceptors (Lipinski definition) is 7. The van der Waals surface area contributed by atoms with E-state index in [1.165, 1.54) is 4.90 Å². The number of benzene rings is 2. The van der Waals surface area contributed by atoms with Crippen LogP contribution in [0.15, 0.2) is 62.7 Å². The van der Waals surface area contributed by atoms with Crippen LogP contribution in [0.3, 0.4) is 0 Å². The quantitative estimate of drug-likeness (QED) is 0.499. The van der Waals surface area contributed by atoms with E-state index in [0.29, 0.717) is 12.3 Å². The number of thioether (sulfide) groups is 1. The Balaban J connectivity index is 1.52. The lowest BCUT2D eigenvalue weighted by Gasteiger charge is -2.04. The Bertz CT molecular complexity index is 1090. The normalized spacial score (nSPS) is 11.4. The van der Waals surface area contributed by atoms with Gasteiger partial charge >= 0.3 is 6.01 Å². The van der Waals surface area contributed by atoms with Gasteiger partial charge < -0.3 is 4.42 Å². The summed E-state index contributed by atoms with van der Waals surface area (Å²) in [6, 6.07) is 14.6. The van der Waals surface area contributed by atoms with Crippen LogP contribution in [0.5, 0.6) is 0 Å². The molecule has 158 valence electrons. The summed E-state index contributed by atoms with van der Waals surface area (Å²) >= 11 is 1.76. The van der Waals surface area contributed by atoms with E-state index in [-0.39, 0.29) is 23.1 Å². The summed E-state index contributed by atoms with van der Waals surface area (Å²) in [6.07, 6.45) is 0.242. The van der Waals surface area contributed by atoms with Gasteiger partial charge in [0.25, 0.3) is 0 Å². The van der Waals surface area contributed by atoms with Gasteiger partial charge in [0.2, 0.25) is 11.8 Å². The molecule has 1 N–H and O–H groups in total. The lowest BCUT2D eigenvalue weighted by molar-refractivity contribution is -0.116. The van der Waals surface area contributed by atoms with Crippen molar-refractivity contribution >= 4 is 33.5 Å². The van der Waals surface area contributed by atoms with Crippen LogP contribution in [-0.2, 0) is 21.1 Å². The van der Waals surface area contributed by atoms with Gasteiger partial charge in [0.1, 0.15) is 0 Å². The van der Waals surface area contributed by atoms with E-state index in [0.717, 1.165) is 16.9 Å². The predicted octanol–water partition coefficient (Wildman–Crippen LogP) is 3.88. The Morgan fingerprint density at radius 2 is 1.77 bits per heavy atom. The highest BCUT2D eigenvalue weighted by atomic mass is 32.2. The fourth-order valence-electron chi connectivity index (χ4n) is 2.69. The van der Waals surface area contributed by atoms with Crippen molar-refractivity contribution in [2.45, 2.75) is 36.5 Å². The van der Waals surface area contributed by atoms with Crippen molar-refractivity contribution in [3.8, 4) is 0 Å². The molecule has 0 saturated heterocycles. The number of hydrogen-bond donors (Lipinski definition) is 1. The summed E-state index contributed by atoms with van der Waals surface area (Å²) in [6.45, 7) is 3.98. The van der Waals surface area contributed by atoms with Crippen molar-refractivity contribution in [1.82, 2.24) is 10.2 Å². The van der Waals surface area contributed by atoms with Gasteiger partial charge in [0, 0.05) is 11.3 Å². The Labute approximate surface area is 180 Å². The van der Waals surface area contributed by atoms with E-state index in [2.05, 4.69) is 22.4 Å². The molecule has 0 radical (unpaired) electrons. The standard InChI is InChI=1S/C21H23N3O4S2/c1-3-29-17-8-6-16(7-9-17)14-20-23-24-21(28-20)22-19(25)12-13-30(26,27)18-10-4-15(2)5-11-18/h4-11H,3,12-14H2,1-2H3,(H,22,24,25). The van der Waals surface area contributed by atoms with Gasteiger partial charge in [-0.1, -0.05) is 41.9 Å². The third-order valence-electron chi connectivity index (χ3n) is 4.28. The van der Waals surface area contributed by atoms with Crippen LogP contribution in [0.2, 0.25) is 0 Å². The third kappa shape index (κ3) is 6.17. The Morgan fingerprint density at radius 1 is 1.07 bits per heavy atom. The zero-order valence-corrected chi connectivity index (χ0v) is 18.4. The topological polar surface area (TPSA) is 102 Å². The molecule has 0 bridgehead atoms. The SMILES string of the molecule is CCSc1ccc(Cc2nnc(NC(=O)CCS(=O)(=O)c3ccc(C)cc3)o2)cc1. The highest BCUT2D eigenvalue weighted by Crippen LogP contribution is 2.19. The molecule has 9 heteroatoms. The molecule has 0 atom stereocenters. The number of anilines is 1. The van der Waals surface area contributed by atoms with Gasteiger partial charge in [-0.2, -0.15) is 0 Å². The second kappa shape index (κ2) is 9.90. The van der Waals surface area contributed by atoms with Gasteiger partial charge in [-0.25, -0.2) is 8.42 Å². The van der Waals surface area contributed by atoms with Crippen molar-refractivity contribution in [2.75, 3.05) is 16.8 Å². The molecule has 30 heavy (non-hydrogen) atoms. The average molecular weight is 446 g/mol. The molecular weight excluding hydrogens is 422 g/mol. The number of sulfone groups is 1. The van der Waals surface area contributed by atoms with Crippen LogP contribution >= 0.6 is 11.8 Å². The monoisotopic (exact) mass is 445 g/mol. The number of rotatable bonds is 9. The molecule has 2 aromatic carbocycles. The van der Waals surface area contributed by atoms with Gasteiger partial charge in [0.05, 0.1) is 17.1 Å². The molecule has 0 unspecified atom stereocenters. The summed E-state index contributed by atoms with van der Waals surface area (Å²) in [5, 5.41) is 10.2. The molecule has 0 saturated carbocycles. The second-order valence-electron chi connectivity index (χ2n) is 6.68. The zero-order valence-electron chi connectivity index (χ0n) is 16.8. The minimum Gasteiger partial charge on any atom is -0.407 e. The summed E-state index contributed by atoms with van der Waals surface area (Å²) in [5.74, 6) is 0.582. The second-order valence-corrected chi connectivity index (χ2v) is 10.1. The van der Waals surface area contributed by atoms with Crippen LogP contribution in [0.1, 0.15) is 30.4 Å². The number of carbonyl (C=O) groups is 1. The Morgan fingerprint density at radius 3 is 2.43 bits per heavy atom. The number of aryl methyl sites for hydroxylation is 1. The van der Waals surface area contributed by atoms with Crippen molar-refractivity contribution < 1.29 is 17.6 Å². The minimum absolute atomic E-state index is 0.0408. The number of aromatic nitrogens is 2. The van der Waals surface area contributed by atoms with Crippen LogP contribution in [-0.4, -0.2) is 36.0 Å². The smallest absolute Gasteiger partial charge is 0.322 e. The number of carbonyl (C=O) groups excluding carboxylic acids is 1. The van der Waals surface area contributed by atoms with Gasteiger partial charge in [0.15, 0.2) is 9.84 Å². The highest BCUT2D eigenvalue weighted by Gasteiger charge is 2.18. The molecule has 0 spiro atoms. The first-order chi connectivity index (χ1) is 14.4. The van der Waals surface area contributed by atoms with Crippen molar-refractivity contribution in [3.05, 3.63) is 65.5 Å². The molecular formula is C21H23N3O4S2. The Hall–Kier alpha value is -2.65. The molecule has 0 fully saturated rings. The van der Waals surface area contributed by atoms with E-state index in [1.54, 1.807) is 36.0 Å². The first-order valence-corrected chi connectivity index (χ1v) is 12.1. The summed E-state index contributed by atoms with van der Waals surface area (Å²) in [5.41, 5.74) is 1.98. The van der Waals surface area contributed by atoms with Crippen molar-refractivity contribution in [1.29, 1.82) is 0 Å². The van der Waals surface area contributed by atoms with Gasteiger partial charge in [-0.15, -0.1) is 16.9 Å². The zero-order chi connectivity index (χ0) is 21.6. The molecule has 3 rings (SSSR count). The van der Waals surface area contributed by atoms with Crippen molar-refractivity contribution in [2.24, 2.45) is 0 Å². The molecule has 0 aliphatic rings. The molecule has 0 aliphatic heterocycles. The fourth-order valence-corrected chi connectivity index (χ4v) is 4.60. The van der Waals surface area contributed by atoms with Gasteiger partial charge in [-0.3, -0.25) is 10.1 Å². The van der Waals surface area contributed by atoms with Crippen LogP contribution in [0.25, 0.3) is 0 Å². The minimum atomic E-state index is -3.54. The van der Waals surface area contributed by atoms with Crippen LogP contribution in [0.4, 0.5) is 6.01 Å². The summed E-state index contributed by atoms with van der Waals surface area (Å²) in [7, 11) is -3.54. The number of nitrogens with one attached hydrogen (secondary N) is 1.